The minimum Gasteiger partial charge on any atom is -0.355 e. The van der Waals surface area contributed by atoms with Crippen molar-refractivity contribution in [3.05, 3.63) is 28.8 Å². The molecule has 0 radical (unpaired) electrons. The molecule has 22 heavy (non-hydrogen) atoms. The van der Waals surface area contributed by atoms with Crippen LogP contribution in [0.25, 0.3) is 0 Å². The van der Waals surface area contributed by atoms with E-state index in [0.29, 0.717) is 35.0 Å². The summed E-state index contributed by atoms with van der Waals surface area (Å²) in [5, 5.41) is 3.07. The summed E-state index contributed by atoms with van der Waals surface area (Å²) in [4.78, 5) is 36.9. The van der Waals surface area contributed by atoms with Crippen molar-refractivity contribution in [3.8, 4) is 0 Å². The molecule has 1 fully saturated rings. The Morgan fingerprint density at radius 2 is 2.18 bits per heavy atom. The van der Waals surface area contributed by atoms with E-state index in [4.69, 9.17) is 11.6 Å². The van der Waals surface area contributed by atoms with Crippen LogP contribution in [0.2, 0.25) is 5.02 Å². The maximum Gasteiger partial charge on any atom is 0.253 e. The Hall–Kier alpha value is -1.53. The van der Waals surface area contributed by atoms with Crippen molar-refractivity contribution in [3.63, 3.8) is 0 Å². The maximum absolute atomic E-state index is 12.3. The molecule has 1 heterocycles. The third-order valence-corrected chi connectivity index (χ3v) is 4.73. The number of benzene rings is 1. The lowest BCUT2D eigenvalue weighted by atomic mass is 10.1. The molecule has 0 saturated carbocycles. The Labute approximate surface area is 138 Å². The van der Waals surface area contributed by atoms with Crippen LogP contribution in [0.4, 0.5) is 5.69 Å². The molecule has 7 heteroatoms. The van der Waals surface area contributed by atoms with Gasteiger partial charge in [0.05, 0.1) is 11.3 Å². The van der Waals surface area contributed by atoms with Gasteiger partial charge in [-0.2, -0.15) is 0 Å². The fourth-order valence-electron chi connectivity index (χ4n) is 2.42. The van der Waals surface area contributed by atoms with E-state index in [9.17, 15) is 14.4 Å². The van der Waals surface area contributed by atoms with Gasteiger partial charge in [-0.15, -0.1) is 0 Å². The molecule has 118 valence electrons. The maximum atomic E-state index is 12.3. The van der Waals surface area contributed by atoms with Gasteiger partial charge in [0, 0.05) is 37.7 Å². The van der Waals surface area contributed by atoms with Gasteiger partial charge in [-0.25, -0.2) is 0 Å². The fourth-order valence-corrected chi connectivity index (χ4v) is 3.28. The van der Waals surface area contributed by atoms with Crippen LogP contribution in [0.3, 0.4) is 0 Å². The topological polar surface area (TPSA) is 66.5 Å². The van der Waals surface area contributed by atoms with Gasteiger partial charge in [-0.05, 0) is 24.1 Å². The largest absolute Gasteiger partial charge is 0.355 e. The van der Waals surface area contributed by atoms with E-state index in [1.54, 1.807) is 30.1 Å². The summed E-state index contributed by atoms with van der Waals surface area (Å²) in [6, 6.07) is 4.87. The molecule has 0 aliphatic carbocycles. The molecule has 2 amide bonds. The lowest BCUT2D eigenvalue weighted by Gasteiger charge is -2.20. The highest BCUT2D eigenvalue weighted by Crippen LogP contribution is 2.31. The zero-order valence-electron chi connectivity index (χ0n) is 12.4. The van der Waals surface area contributed by atoms with E-state index in [1.165, 1.54) is 18.7 Å². The van der Waals surface area contributed by atoms with Crippen molar-refractivity contribution in [1.82, 2.24) is 5.32 Å². The Kier molecular flexibility index (Phi) is 5.47. The van der Waals surface area contributed by atoms with Crippen LogP contribution in [-0.2, 0) is 9.59 Å². The van der Waals surface area contributed by atoms with Crippen molar-refractivity contribution in [1.29, 1.82) is 0 Å². The van der Waals surface area contributed by atoms with Crippen LogP contribution < -0.4 is 10.2 Å². The molecule has 1 aromatic carbocycles. The van der Waals surface area contributed by atoms with Crippen molar-refractivity contribution < 1.29 is 14.4 Å². The Morgan fingerprint density at radius 1 is 1.45 bits per heavy atom. The SMILES string of the molecule is CNC(=O)c1ccc(Cl)cc1N1CC(CSC(C)=O)CC1=O. The number of carbonyl (C=O) groups excluding carboxylic acids is 3. The van der Waals surface area contributed by atoms with Gasteiger partial charge >= 0.3 is 0 Å². The van der Waals surface area contributed by atoms with E-state index in [2.05, 4.69) is 5.32 Å². The first-order valence-corrected chi connectivity index (χ1v) is 8.24. The molecular formula is C15H17ClN2O3S. The third kappa shape index (κ3) is 3.81. The normalized spacial score (nSPS) is 17.7. The summed E-state index contributed by atoms with van der Waals surface area (Å²) in [7, 11) is 1.54. The number of nitrogens with one attached hydrogen (secondary N) is 1. The van der Waals surface area contributed by atoms with Gasteiger partial charge in [0.15, 0.2) is 5.12 Å². The van der Waals surface area contributed by atoms with Gasteiger partial charge in [-0.3, -0.25) is 14.4 Å². The summed E-state index contributed by atoms with van der Waals surface area (Å²) >= 11 is 7.23. The number of hydrogen-bond donors (Lipinski definition) is 1. The second kappa shape index (κ2) is 7.15. The predicted octanol–water partition coefficient (Wildman–Crippen LogP) is 2.33. The molecule has 1 aliphatic rings. The molecule has 1 N–H and O–H groups in total. The highest BCUT2D eigenvalue weighted by molar-refractivity contribution is 8.13. The average molecular weight is 341 g/mol. The third-order valence-electron chi connectivity index (χ3n) is 3.45. The first kappa shape index (κ1) is 16.8. The predicted molar refractivity (Wildman–Crippen MR) is 88.4 cm³/mol. The molecule has 0 spiro atoms. The smallest absolute Gasteiger partial charge is 0.253 e. The van der Waals surface area contributed by atoms with Crippen molar-refractivity contribution in [2.75, 3.05) is 24.2 Å². The number of rotatable bonds is 4. The molecule has 1 saturated heterocycles. The Morgan fingerprint density at radius 3 is 2.82 bits per heavy atom. The van der Waals surface area contributed by atoms with E-state index in [-0.39, 0.29) is 22.8 Å². The Balaban J connectivity index is 2.24. The van der Waals surface area contributed by atoms with Crippen molar-refractivity contribution >= 4 is 46.0 Å². The number of thioether (sulfide) groups is 1. The standard InChI is InChI=1S/C15H17ClN2O3S/c1-9(19)22-8-10-5-14(20)18(7-10)13-6-11(16)3-4-12(13)15(21)17-2/h3-4,6,10H,5,7-8H2,1-2H3,(H,17,21). The molecule has 0 aromatic heterocycles. The van der Waals surface area contributed by atoms with Crippen LogP contribution in [0, 0.1) is 5.92 Å². The summed E-state index contributed by atoms with van der Waals surface area (Å²) in [5.41, 5.74) is 0.937. The second-order valence-electron chi connectivity index (χ2n) is 5.12. The van der Waals surface area contributed by atoms with Crippen LogP contribution in [0.15, 0.2) is 18.2 Å². The van der Waals surface area contributed by atoms with Gasteiger partial charge in [0.25, 0.3) is 5.91 Å². The molecule has 0 bridgehead atoms. The van der Waals surface area contributed by atoms with E-state index >= 15 is 0 Å². The van der Waals surface area contributed by atoms with E-state index in [0.717, 1.165) is 0 Å². The monoisotopic (exact) mass is 340 g/mol. The van der Waals surface area contributed by atoms with Crippen LogP contribution >= 0.6 is 23.4 Å². The van der Waals surface area contributed by atoms with Crippen LogP contribution in [0.5, 0.6) is 0 Å². The average Bonchev–Trinajstić information content (AvgIpc) is 2.85. The zero-order chi connectivity index (χ0) is 16.3. The molecule has 2 rings (SSSR count). The molecule has 1 aromatic rings. The second-order valence-corrected chi connectivity index (χ2v) is 6.75. The number of hydrogen-bond acceptors (Lipinski definition) is 4. The Bertz CT molecular complexity index is 621. The number of amides is 2. The van der Waals surface area contributed by atoms with Crippen LogP contribution in [0.1, 0.15) is 23.7 Å². The number of anilines is 1. The lowest BCUT2D eigenvalue weighted by molar-refractivity contribution is -0.117. The highest BCUT2D eigenvalue weighted by Gasteiger charge is 2.32. The van der Waals surface area contributed by atoms with E-state index < -0.39 is 0 Å². The van der Waals surface area contributed by atoms with Crippen molar-refractivity contribution in [2.45, 2.75) is 13.3 Å². The fraction of sp³-hybridized carbons (Fsp3) is 0.400. The molecule has 1 aliphatic heterocycles. The molecular weight excluding hydrogens is 324 g/mol. The highest BCUT2D eigenvalue weighted by atomic mass is 35.5. The summed E-state index contributed by atoms with van der Waals surface area (Å²) in [6.07, 6.45) is 0.375. The van der Waals surface area contributed by atoms with Gasteiger partial charge in [0.2, 0.25) is 5.91 Å². The van der Waals surface area contributed by atoms with Gasteiger partial charge in [0.1, 0.15) is 0 Å². The first-order chi connectivity index (χ1) is 10.4. The number of nitrogens with zero attached hydrogens (tertiary/aromatic N) is 1. The zero-order valence-corrected chi connectivity index (χ0v) is 14.0. The van der Waals surface area contributed by atoms with Gasteiger partial charge in [-0.1, -0.05) is 23.4 Å². The molecule has 1 unspecified atom stereocenters. The van der Waals surface area contributed by atoms with Gasteiger partial charge < -0.3 is 10.2 Å². The minimum absolute atomic E-state index is 0.0414. The van der Waals surface area contributed by atoms with Crippen molar-refractivity contribution in [2.24, 2.45) is 5.92 Å². The number of carbonyl (C=O) groups is 3. The van der Waals surface area contributed by atoms with E-state index in [1.807, 2.05) is 0 Å². The summed E-state index contributed by atoms with van der Waals surface area (Å²) < 4.78 is 0. The lowest BCUT2D eigenvalue weighted by Crippen LogP contribution is -2.29. The number of halogens is 1. The van der Waals surface area contributed by atoms with Crippen LogP contribution in [-0.4, -0.2) is 36.3 Å². The first-order valence-electron chi connectivity index (χ1n) is 6.87. The molecule has 5 nitrogen and oxygen atoms in total. The minimum atomic E-state index is -0.263. The summed E-state index contributed by atoms with van der Waals surface area (Å²) in [6.45, 7) is 2.00. The quantitative estimate of drug-likeness (QED) is 0.913. The summed E-state index contributed by atoms with van der Waals surface area (Å²) in [5.74, 6) is 0.383. The molecule has 1 atom stereocenters.